The molecule has 20 heavy (non-hydrogen) atoms. The summed E-state index contributed by atoms with van der Waals surface area (Å²) in [7, 11) is 0. The highest BCUT2D eigenvalue weighted by Gasteiger charge is 2.16. The molecule has 1 aromatic carbocycles. The Balaban J connectivity index is 2.15. The molecule has 2 rings (SSSR count). The quantitative estimate of drug-likeness (QED) is 0.887. The number of halogens is 1. The van der Waals surface area contributed by atoms with Crippen LogP contribution < -0.4 is 0 Å². The number of nitrogens with zero attached hydrogens (tertiary/aromatic N) is 3. The van der Waals surface area contributed by atoms with Gasteiger partial charge >= 0.3 is 0 Å². The van der Waals surface area contributed by atoms with Crippen LogP contribution in [-0.2, 0) is 6.54 Å². The van der Waals surface area contributed by atoms with E-state index in [4.69, 9.17) is 21.1 Å². The third-order valence-corrected chi connectivity index (χ3v) is 3.36. The fourth-order valence-electron chi connectivity index (χ4n) is 1.88. The Morgan fingerprint density at radius 3 is 2.70 bits per heavy atom. The van der Waals surface area contributed by atoms with Crippen molar-refractivity contribution in [1.82, 2.24) is 15.1 Å². The number of aliphatic hydroxyl groups excluding tert-OH is 1. The summed E-state index contributed by atoms with van der Waals surface area (Å²) in [6, 6.07) is 7.64. The topological polar surface area (TPSA) is 62.4 Å². The summed E-state index contributed by atoms with van der Waals surface area (Å²) in [4.78, 5) is 2.06. The van der Waals surface area contributed by atoms with Gasteiger partial charge in [-0.3, -0.25) is 4.90 Å². The Morgan fingerprint density at radius 2 is 2.05 bits per heavy atom. The van der Waals surface area contributed by atoms with Crippen molar-refractivity contribution < 1.29 is 9.52 Å². The van der Waals surface area contributed by atoms with Gasteiger partial charge in [0, 0.05) is 12.6 Å². The van der Waals surface area contributed by atoms with Crippen molar-refractivity contribution in [1.29, 1.82) is 0 Å². The largest absolute Gasteiger partial charge is 0.419 e. The fourth-order valence-corrected chi connectivity index (χ4v) is 2.10. The molecule has 2 aromatic rings. The molecule has 5 nitrogen and oxygen atoms in total. The highest BCUT2D eigenvalue weighted by molar-refractivity contribution is 6.33. The van der Waals surface area contributed by atoms with E-state index >= 15 is 0 Å². The maximum Gasteiger partial charge on any atom is 0.249 e. The third-order valence-electron chi connectivity index (χ3n) is 3.03. The van der Waals surface area contributed by atoms with Gasteiger partial charge < -0.3 is 9.52 Å². The van der Waals surface area contributed by atoms with Crippen molar-refractivity contribution >= 4 is 11.6 Å². The molecule has 0 fully saturated rings. The fraction of sp³-hybridized carbons (Fsp3) is 0.429. The van der Waals surface area contributed by atoms with Crippen LogP contribution in [0.15, 0.2) is 28.7 Å². The molecule has 0 bridgehead atoms. The third kappa shape index (κ3) is 3.56. The summed E-state index contributed by atoms with van der Waals surface area (Å²) in [5, 5.41) is 17.7. The predicted molar refractivity (Wildman–Crippen MR) is 77.4 cm³/mol. The lowest BCUT2D eigenvalue weighted by Gasteiger charge is -2.23. The lowest BCUT2D eigenvalue weighted by Crippen LogP contribution is -2.33. The van der Waals surface area contributed by atoms with Gasteiger partial charge in [-0.25, -0.2) is 0 Å². The number of hydrogen-bond donors (Lipinski definition) is 1. The molecule has 0 aliphatic heterocycles. The zero-order chi connectivity index (χ0) is 14.5. The molecular weight excluding hydrogens is 278 g/mol. The van der Waals surface area contributed by atoms with E-state index in [1.807, 2.05) is 18.2 Å². The van der Waals surface area contributed by atoms with Crippen molar-refractivity contribution in [2.45, 2.75) is 26.4 Å². The van der Waals surface area contributed by atoms with E-state index in [0.717, 1.165) is 5.56 Å². The molecule has 0 saturated heterocycles. The van der Waals surface area contributed by atoms with Crippen molar-refractivity contribution in [3.05, 3.63) is 35.2 Å². The van der Waals surface area contributed by atoms with Gasteiger partial charge in [0.15, 0.2) is 0 Å². The van der Waals surface area contributed by atoms with Gasteiger partial charge in [-0.1, -0.05) is 23.7 Å². The van der Waals surface area contributed by atoms with Gasteiger partial charge in [-0.05, 0) is 26.0 Å². The van der Waals surface area contributed by atoms with Crippen LogP contribution in [0.4, 0.5) is 0 Å². The van der Waals surface area contributed by atoms with Crippen LogP contribution in [0.3, 0.4) is 0 Å². The lowest BCUT2D eigenvalue weighted by atomic mass is 10.2. The normalized spacial score (nSPS) is 11.5. The van der Waals surface area contributed by atoms with Crippen LogP contribution in [0.2, 0.25) is 5.02 Å². The Hall–Kier alpha value is -1.43. The molecule has 1 aromatic heterocycles. The summed E-state index contributed by atoms with van der Waals surface area (Å²) in [6.45, 7) is 5.29. The molecule has 0 radical (unpaired) electrons. The van der Waals surface area contributed by atoms with E-state index in [-0.39, 0.29) is 12.6 Å². The molecule has 108 valence electrons. The zero-order valence-electron chi connectivity index (χ0n) is 11.6. The second-order valence-corrected chi connectivity index (χ2v) is 5.18. The Labute approximate surface area is 123 Å². The van der Waals surface area contributed by atoms with Crippen LogP contribution in [0.25, 0.3) is 11.5 Å². The number of aromatic nitrogens is 2. The molecule has 0 aliphatic carbocycles. The number of benzene rings is 1. The van der Waals surface area contributed by atoms with Crippen LogP contribution in [0.1, 0.15) is 19.7 Å². The first-order valence-corrected chi connectivity index (χ1v) is 6.91. The second kappa shape index (κ2) is 6.83. The van der Waals surface area contributed by atoms with Crippen LogP contribution in [0, 0.1) is 0 Å². The number of hydrogen-bond acceptors (Lipinski definition) is 5. The van der Waals surface area contributed by atoms with Crippen LogP contribution in [0.5, 0.6) is 0 Å². The van der Waals surface area contributed by atoms with Gasteiger partial charge in [0.25, 0.3) is 0 Å². The zero-order valence-corrected chi connectivity index (χ0v) is 12.3. The summed E-state index contributed by atoms with van der Waals surface area (Å²) in [5.74, 6) is 0.931. The maximum atomic E-state index is 9.06. The van der Waals surface area contributed by atoms with E-state index in [2.05, 4.69) is 28.9 Å². The van der Waals surface area contributed by atoms with Gasteiger partial charge in [-0.2, -0.15) is 0 Å². The highest BCUT2D eigenvalue weighted by Crippen LogP contribution is 2.26. The van der Waals surface area contributed by atoms with Crippen molar-refractivity contribution in [2.24, 2.45) is 0 Å². The first-order valence-electron chi connectivity index (χ1n) is 6.54. The Morgan fingerprint density at radius 1 is 1.30 bits per heavy atom. The van der Waals surface area contributed by atoms with Crippen molar-refractivity contribution in [3.8, 4) is 11.5 Å². The lowest BCUT2D eigenvalue weighted by molar-refractivity contribution is 0.148. The molecular formula is C14H18ClN3O2. The first-order chi connectivity index (χ1) is 9.61. The molecule has 0 amide bonds. The van der Waals surface area contributed by atoms with Gasteiger partial charge in [0.2, 0.25) is 11.8 Å². The maximum absolute atomic E-state index is 9.06. The minimum Gasteiger partial charge on any atom is -0.419 e. The molecule has 0 atom stereocenters. The van der Waals surface area contributed by atoms with E-state index < -0.39 is 0 Å². The Kier molecular flexibility index (Phi) is 5.11. The van der Waals surface area contributed by atoms with E-state index in [9.17, 15) is 0 Å². The van der Waals surface area contributed by atoms with E-state index in [1.165, 1.54) is 0 Å². The second-order valence-electron chi connectivity index (χ2n) is 4.77. The smallest absolute Gasteiger partial charge is 0.249 e. The summed E-state index contributed by atoms with van der Waals surface area (Å²) < 4.78 is 5.65. The predicted octanol–water partition coefficient (Wildman–Crippen LogP) is 2.59. The van der Waals surface area contributed by atoms with Crippen molar-refractivity contribution in [3.63, 3.8) is 0 Å². The van der Waals surface area contributed by atoms with Crippen LogP contribution in [-0.4, -0.2) is 39.4 Å². The van der Waals surface area contributed by atoms with E-state index in [0.29, 0.717) is 29.9 Å². The SMILES string of the molecule is CC(C)N(CCO)Cc1nnc(-c2ccccc2Cl)o1. The molecule has 0 spiro atoms. The van der Waals surface area contributed by atoms with Gasteiger partial charge in [0.05, 0.1) is 23.7 Å². The summed E-state index contributed by atoms with van der Waals surface area (Å²) in [5.41, 5.74) is 0.728. The molecule has 1 N–H and O–H groups in total. The van der Waals surface area contributed by atoms with E-state index in [1.54, 1.807) is 6.07 Å². The minimum atomic E-state index is 0.101. The van der Waals surface area contributed by atoms with Crippen LogP contribution >= 0.6 is 11.6 Å². The average Bonchev–Trinajstić information content (AvgIpc) is 2.87. The molecule has 0 aliphatic rings. The standard InChI is InChI=1S/C14H18ClN3O2/c1-10(2)18(7-8-19)9-13-16-17-14(20-13)11-5-3-4-6-12(11)15/h3-6,10,19H,7-9H2,1-2H3. The molecule has 1 heterocycles. The summed E-state index contributed by atoms with van der Waals surface area (Å²) >= 11 is 6.10. The molecule has 0 saturated carbocycles. The van der Waals surface area contributed by atoms with Crippen molar-refractivity contribution in [2.75, 3.05) is 13.2 Å². The number of rotatable bonds is 6. The number of aliphatic hydroxyl groups is 1. The monoisotopic (exact) mass is 295 g/mol. The summed E-state index contributed by atoms with van der Waals surface area (Å²) in [6.07, 6.45) is 0. The average molecular weight is 296 g/mol. The molecule has 0 unspecified atom stereocenters. The molecule has 6 heteroatoms. The van der Waals surface area contributed by atoms with Gasteiger partial charge in [0.1, 0.15) is 0 Å². The Bertz CT molecular complexity index is 557. The van der Waals surface area contributed by atoms with Gasteiger partial charge in [-0.15, -0.1) is 10.2 Å². The minimum absolute atomic E-state index is 0.101. The highest BCUT2D eigenvalue weighted by atomic mass is 35.5. The first kappa shape index (κ1) is 15.0.